The number of hydrogen-bond acceptors (Lipinski definition) is 5. The van der Waals surface area contributed by atoms with E-state index < -0.39 is 0 Å². The predicted molar refractivity (Wildman–Crippen MR) is 44.6 cm³/mol. The minimum atomic E-state index is -0.0423. The van der Waals surface area contributed by atoms with Crippen molar-refractivity contribution in [3.05, 3.63) is 5.82 Å². The molecule has 0 atom stereocenters. The van der Waals surface area contributed by atoms with Crippen molar-refractivity contribution < 1.29 is 0 Å². The third-order valence-electron chi connectivity index (χ3n) is 2.44. The highest BCUT2D eigenvalue weighted by molar-refractivity contribution is 5.26. The maximum absolute atomic E-state index is 5.62. The van der Waals surface area contributed by atoms with Crippen LogP contribution in [0, 0.1) is 0 Å². The largest absolute Gasteiger partial charge is 0.366 e. The number of nitrogens with two attached hydrogens (primary N) is 3. The molecule has 0 unspecified atom stereocenters. The van der Waals surface area contributed by atoms with Crippen molar-refractivity contribution in [2.75, 3.05) is 18.1 Å². The van der Waals surface area contributed by atoms with E-state index in [0.29, 0.717) is 12.4 Å². The minimum absolute atomic E-state index is 0.0423. The van der Waals surface area contributed by atoms with Gasteiger partial charge in [0, 0.05) is 12.0 Å². The Balaban J connectivity index is 2.40. The topological polar surface area (TPSA) is 109 Å². The second kappa shape index (κ2) is 2.10. The van der Waals surface area contributed by atoms with Crippen LogP contribution < -0.4 is 17.3 Å². The van der Waals surface area contributed by atoms with Crippen LogP contribution in [0.1, 0.15) is 18.7 Å². The highest BCUT2D eigenvalue weighted by atomic mass is 15.5. The van der Waals surface area contributed by atoms with Crippen LogP contribution in [0.25, 0.3) is 0 Å². The Hall–Kier alpha value is -1.30. The van der Waals surface area contributed by atoms with Gasteiger partial charge in [0.25, 0.3) is 0 Å². The number of hydrogen-bond donors (Lipinski definition) is 3. The Morgan fingerprint density at radius 2 is 2.08 bits per heavy atom. The molecule has 0 aliphatic heterocycles. The second-order valence-electron chi connectivity index (χ2n) is 3.24. The summed E-state index contributed by atoms with van der Waals surface area (Å²) in [6.07, 6.45) is 2.05. The zero-order valence-electron chi connectivity index (χ0n) is 6.70. The van der Waals surface area contributed by atoms with Gasteiger partial charge in [-0.05, 0) is 12.8 Å². The lowest BCUT2D eigenvalue weighted by atomic mass is 10.1. The monoisotopic (exact) mass is 168 g/mol. The van der Waals surface area contributed by atoms with Gasteiger partial charge >= 0.3 is 0 Å². The molecule has 6 nitrogen and oxygen atoms in total. The molecule has 0 radical (unpaired) electrons. The van der Waals surface area contributed by atoms with Crippen LogP contribution in [0.15, 0.2) is 0 Å². The molecule has 6 N–H and O–H groups in total. The Morgan fingerprint density at radius 3 is 2.42 bits per heavy atom. The fraction of sp³-hybridized carbons (Fsp3) is 0.667. The van der Waals surface area contributed by atoms with E-state index in [0.717, 1.165) is 12.8 Å². The fourth-order valence-electron chi connectivity index (χ4n) is 1.33. The smallest absolute Gasteiger partial charge is 0.240 e. The molecule has 0 spiro atoms. The van der Waals surface area contributed by atoms with Crippen LogP contribution in [0.5, 0.6) is 0 Å². The first-order chi connectivity index (χ1) is 5.69. The summed E-state index contributed by atoms with van der Waals surface area (Å²) in [6.45, 7) is 0.558. The van der Waals surface area contributed by atoms with Crippen molar-refractivity contribution in [1.82, 2.24) is 14.9 Å². The molecule has 1 aromatic rings. The van der Waals surface area contributed by atoms with Gasteiger partial charge < -0.3 is 17.3 Å². The van der Waals surface area contributed by atoms with Crippen molar-refractivity contribution in [3.63, 3.8) is 0 Å². The summed E-state index contributed by atoms with van der Waals surface area (Å²) in [5, 5.41) is 7.58. The molecular weight excluding hydrogens is 156 g/mol. The lowest BCUT2D eigenvalue weighted by Crippen LogP contribution is -2.27. The first-order valence-electron chi connectivity index (χ1n) is 3.86. The molecule has 0 amide bonds. The molecule has 2 rings (SSSR count). The first kappa shape index (κ1) is 7.35. The second-order valence-corrected chi connectivity index (χ2v) is 3.24. The molecule has 0 bridgehead atoms. The average Bonchev–Trinajstić information content (AvgIpc) is 2.79. The van der Waals surface area contributed by atoms with E-state index in [2.05, 4.69) is 10.2 Å². The van der Waals surface area contributed by atoms with Gasteiger partial charge in [-0.2, -0.15) is 0 Å². The normalized spacial score (nSPS) is 19.4. The molecule has 66 valence electrons. The molecule has 12 heavy (non-hydrogen) atoms. The van der Waals surface area contributed by atoms with Crippen molar-refractivity contribution in [3.8, 4) is 0 Å². The van der Waals surface area contributed by atoms with Gasteiger partial charge in [-0.3, -0.25) is 0 Å². The van der Waals surface area contributed by atoms with Gasteiger partial charge in [0.1, 0.15) is 0 Å². The average molecular weight is 168 g/mol. The quantitative estimate of drug-likeness (QED) is 0.469. The van der Waals surface area contributed by atoms with Gasteiger partial charge in [0.05, 0.1) is 0 Å². The molecule has 1 aromatic heterocycles. The van der Waals surface area contributed by atoms with Gasteiger partial charge in [-0.15, -0.1) is 10.2 Å². The molecule has 0 aromatic carbocycles. The maximum Gasteiger partial charge on any atom is 0.240 e. The first-order valence-corrected chi connectivity index (χ1v) is 3.86. The summed E-state index contributed by atoms with van der Waals surface area (Å²) in [5.41, 5.74) is 11.0. The van der Waals surface area contributed by atoms with E-state index in [-0.39, 0.29) is 11.4 Å². The van der Waals surface area contributed by atoms with Crippen LogP contribution >= 0.6 is 0 Å². The van der Waals surface area contributed by atoms with Gasteiger partial charge in [-0.1, -0.05) is 0 Å². The van der Waals surface area contributed by atoms with Crippen LogP contribution in [-0.4, -0.2) is 21.4 Å². The number of rotatable bonds is 2. The molecular formula is C6H12N6. The van der Waals surface area contributed by atoms with Crippen molar-refractivity contribution in [2.24, 2.45) is 5.73 Å². The third kappa shape index (κ3) is 0.781. The van der Waals surface area contributed by atoms with E-state index in [1.54, 1.807) is 0 Å². The standard InChI is InChI=1S/C6H12N6/c7-3-6(1-2-6)4-10-11-5(8)12(4)9/h1-3,7,9H2,(H2,8,11). The number of anilines is 1. The van der Waals surface area contributed by atoms with E-state index >= 15 is 0 Å². The highest BCUT2D eigenvalue weighted by Crippen LogP contribution is 2.45. The van der Waals surface area contributed by atoms with Gasteiger partial charge in [0.15, 0.2) is 5.82 Å². The molecule has 1 saturated carbocycles. The van der Waals surface area contributed by atoms with Crippen LogP contribution in [0.4, 0.5) is 5.95 Å². The molecule has 1 fully saturated rings. The molecule has 6 heteroatoms. The summed E-state index contributed by atoms with van der Waals surface area (Å²) in [4.78, 5) is 0. The van der Waals surface area contributed by atoms with Crippen molar-refractivity contribution in [1.29, 1.82) is 0 Å². The third-order valence-corrected chi connectivity index (χ3v) is 2.44. The maximum atomic E-state index is 5.62. The van der Waals surface area contributed by atoms with E-state index in [4.69, 9.17) is 17.3 Å². The zero-order chi connectivity index (χ0) is 8.77. The lowest BCUT2D eigenvalue weighted by molar-refractivity contribution is 0.625. The molecule has 0 saturated heterocycles. The minimum Gasteiger partial charge on any atom is -0.366 e. The van der Waals surface area contributed by atoms with E-state index in [1.807, 2.05) is 0 Å². The Labute approximate surface area is 69.7 Å². The Bertz CT molecular complexity index is 299. The Kier molecular flexibility index (Phi) is 1.29. The SMILES string of the molecule is NCC1(c2nnc(N)n2N)CC1. The summed E-state index contributed by atoms with van der Waals surface area (Å²) >= 11 is 0. The summed E-state index contributed by atoms with van der Waals surface area (Å²) < 4.78 is 1.32. The molecule has 1 aliphatic carbocycles. The number of aromatic nitrogens is 3. The molecule has 1 heterocycles. The fourth-order valence-corrected chi connectivity index (χ4v) is 1.33. The number of nitrogens with zero attached hydrogens (tertiary/aromatic N) is 3. The van der Waals surface area contributed by atoms with Gasteiger partial charge in [-0.25, -0.2) is 4.68 Å². The predicted octanol–water partition coefficient (Wildman–Crippen LogP) is -1.44. The summed E-state index contributed by atoms with van der Waals surface area (Å²) in [5.74, 6) is 6.57. The van der Waals surface area contributed by atoms with Gasteiger partial charge in [0.2, 0.25) is 5.95 Å². The summed E-state index contributed by atoms with van der Waals surface area (Å²) in [6, 6.07) is 0. The van der Waals surface area contributed by atoms with E-state index in [9.17, 15) is 0 Å². The van der Waals surface area contributed by atoms with E-state index in [1.165, 1.54) is 4.68 Å². The Morgan fingerprint density at radius 1 is 1.42 bits per heavy atom. The number of nitrogen functional groups attached to an aromatic ring is 2. The van der Waals surface area contributed by atoms with Crippen LogP contribution in [0.3, 0.4) is 0 Å². The zero-order valence-corrected chi connectivity index (χ0v) is 6.70. The molecule has 1 aliphatic rings. The van der Waals surface area contributed by atoms with Crippen molar-refractivity contribution >= 4 is 5.95 Å². The highest BCUT2D eigenvalue weighted by Gasteiger charge is 2.47. The van der Waals surface area contributed by atoms with Crippen molar-refractivity contribution in [2.45, 2.75) is 18.3 Å². The van der Waals surface area contributed by atoms with Crippen LogP contribution in [-0.2, 0) is 5.41 Å². The lowest BCUT2D eigenvalue weighted by Gasteiger charge is -2.09. The summed E-state index contributed by atoms with van der Waals surface area (Å²) in [7, 11) is 0. The van der Waals surface area contributed by atoms with Crippen LogP contribution in [0.2, 0.25) is 0 Å².